The lowest BCUT2D eigenvalue weighted by Crippen LogP contribution is -2.46. The molecule has 7 heteroatoms. The average Bonchev–Trinajstić information content (AvgIpc) is 3.30. The molecule has 1 aliphatic heterocycles. The summed E-state index contributed by atoms with van der Waals surface area (Å²) in [5.41, 5.74) is 3.85. The van der Waals surface area contributed by atoms with E-state index in [0.29, 0.717) is 18.0 Å². The number of carbonyl (C=O) groups is 2. The zero-order valence-corrected chi connectivity index (χ0v) is 15.8. The third kappa shape index (κ3) is 3.35. The van der Waals surface area contributed by atoms with Crippen molar-refractivity contribution in [1.82, 2.24) is 15.2 Å². The predicted molar refractivity (Wildman–Crippen MR) is 99.6 cm³/mol. The molecule has 0 radical (unpaired) electrons. The number of thiophene rings is 1. The lowest BCUT2D eigenvalue weighted by Gasteiger charge is -2.32. The van der Waals surface area contributed by atoms with Crippen LogP contribution in [0.3, 0.4) is 0 Å². The number of thiazole rings is 1. The predicted octanol–water partition coefficient (Wildman–Crippen LogP) is 3.04. The summed E-state index contributed by atoms with van der Waals surface area (Å²) in [5, 5.41) is 3.09. The summed E-state index contributed by atoms with van der Waals surface area (Å²) in [4.78, 5) is 34.0. The maximum atomic E-state index is 12.7. The topological polar surface area (TPSA) is 62.3 Å². The summed E-state index contributed by atoms with van der Waals surface area (Å²) in [7, 11) is 0. The van der Waals surface area contributed by atoms with E-state index in [1.54, 1.807) is 16.8 Å². The molecule has 1 N–H and O–H groups in total. The van der Waals surface area contributed by atoms with Crippen LogP contribution >= 0.6 is 22.7 Å². The number of amides is 2. The summed E-state index contributed by atoms with van der Waals surface area (Å²) in [6.45, 7) is 3.26. The molecule has 0 bridgehead atoms. The molecule has 0 unspecified atom stereocenters. The molecule has 2 aliphatic rings. The summed E-state index contributed by atoms with van der Waals surface area (Å²) in [5.74, 6) is 0.113. The SMILES string of the molecule is Cc1ncsc1C(=O)NC1CCN(C(=O)c2cc3c(s2)CCC3)CC1. The third-order valence-electron chi connectivity index (χ3n) is 5.03. The zero-order chi connectivity index (χ0) is 17.4. The molecule has 0 atom stereocenters. The highest BCUT2D eigenvalue weighted by molar-refractivity contribution is 7.14. The number of nitrogens with one attached hydrogen (secondary N) is 1. The van der Waals surface area contributed by atoms with Crippen molar-refractivity contribution in [3.8, 4) is 0 Å². The van der Waals surface area contributed by atoms with Crippen molar-refractivity contribution >= 4 is 34.5 Å². The highest BCUT2D eigenvalue weighted by Crippen LogP contribution is 2.31. The molecule has 0 spiro atoms. The van der Waals surface area contributed by atoms with Gasteiger partial charge in [0.2, 0.25) is 0 Å². The van der Waals surface area contributed by atoms with Gasteiger partial charge in [-0.2, -0.15) is 0 Å². The Morgan fingerprint density at radius 1 is 1.28 bits per heavy atom. The Hall–Kier alpha value is -1.73. The monoisotopic (exact) mass is 375 g/mol. The fourth-order valence-electron chi connectivity index (χ4n) is 3.59. The minimum Gasteiger partial charge on any atom is -0.348 e. The first-order valence-corrected chi connectivity index (χ1v) is 10.4. The quantitative estimate of drug-likeness (QED) is 0.897. The number of rotatable bonds is 3. The second-order valence-electron chi connectivity index (χ2n) is 6.72. The van der Waals surface area contributed by atoms with Gasteiger partial charge in [-0.05, 0) is 50.7 Å². The standard InChI is InChI=1S/C18H21N3O2S2/c1-11-16(24-10-19-11)17(22)20-13-5-7-21(8-6-13)18(23)15-9-12-3-2-4-14(12)25-15/h9-10,13H,2-8H2,1H3,(H,20,22). The first-order chi connectivity index (χ1) is 12.1. The molecular formula is C18H21N3O2S2. The van der Waals surface area contributed by atoms with Gasteiger partial charge in [0.05, 0.1) is 16.1 Å². The van der Waals surface area contributed by atoms with Crippen molar-refractivity contribution in [3.05, 3.63) is 37.5 Å². The van der Waals surface area contributed by atoms with Gasteiger partial charge in [0, 0.05) is 24.0 Å². The molecule has 0 aromatic carbocycles. The maximum Gasteiger partial charge on any atom is 0.263 e. The van der Waals surface area contributed by atoms with Gasteiger partial charge in [-0.25, -0.2) is 4.98 Å². The van der Waals surface area contributed by atoms with Crippen LogP contribution in [0.4, 0.5) is 0 Å². The molecular weight excluding hydrogens is 354 g/mol. The van der Waals surface area contributed by atoms with Gasteiger partial charge in [-0.3, -0.25) is 9.59 Å². The van der Waals surface area contributed by atoms with Crippen LogP contribution in [-0.2, 0) is 12.8 Å². The minimum atomic E-state index is -0.0422. The van der Waals surface area contributed by atoms with E-state index in [1.807, 2.05) is 11.8 Å². The molecule has 2 aromatic rings. The van der Waals surface area contributed by atoms with E-state index in [1.165, 1.54) is 28.2 Å². The van der Waals surface area contributed by atoms with E-state index in [4.69, 9.17) is 0 Å². The number of aromatic nitrogens is 1. The van der Waals surface area contributed by atoms with Crippen LogP contribution in [0.2, 0.25) is 0 Å². The Morgan fingerprint density at radius 3 is 2.76 bits per heavy atom. The van der Waals surface area contributed by atoms with Gasteiger partial charge in [-0.1, -0.05) is 0 Å². The van der Waals surface area contributed by atoms with Crippen molar-refractivity contribution in [1.29, 1.82) is 0 Å². The summed E-state index contributed by atoms with van der Waals surface area (Å²) in [6.07, 6.45) is 5.07. The second-order valence-corrected chi connectivity index (χ2v) is 8.71. The third-order valence-corrected chi connectivity index (χ3v) is 7.18. The average molecular weight is 376 g/mol. The minimum absolute atomic E-state index is 0.0422. The molecule has 4 rings (SSSR count). The van der Waals surface area contributed by atoms with E-state index >= 15 is 0 Å². The first kappa shape index (κ1) is 16.7. The number of fused-ring (bicyclic) bond motifs is 1. The highest BCUT2D eigenvalue weighted by atomic mass is 32.1. The van der Waals surface area contributed by atoms with Crippen molar-refractivity contribution in [2.24, 2.45) is 0 Å². The van der Waals surface area contributed by atoms with E-state index in [9.17, 15) is 9.59 Å². The lowest BCUT2D eigenvalue weighted by atomic mass is 10.0. The highest BCUT2D eigenvalue weighted by Gasteiger charge is 2.27. The Labute approximate surface area is 155 Å². The number of nitrogens with zero attached hydrogens (tertiary/aromatic N) is 2. The number of likely N-dealkylation sites (tertiary alicyclic amines) is 1. The van der Waals surface area contributed by atoms with Crippen molar-refractivity contribution in [2.45, 2.75) is 45.1 Å². The normalized spacial score (nSPS) is 17.6. The Balaban J connectivity index is 1.32. The van der Waals surface area contributed by atoms with Crippen molar-refractivity contribution in [3.63, 3.8) is 0 Å². The van der Waals surface area contributed by atoms with Crippen LogP contribution in [-0.4, -0.2) is 40.8 Å². The van der Waals surface area contributed by atoms with E-state index in [0.717, 1.165) is 36.3 Å². The molecule has 1 fully saturated rings. The summed E-state index contributed by atoms with van der Waals surface area (Å²) in [6, 6.07) is 2.22. The van der Waals surface area contributed by atoms with Gasteiger partial charge >= 0.3 is 0 Å². The first-order valence-electron chi connectivity index (χ1n) is 8.73. The molecule has 132 valence electrons. The van der Waals surface area contributed by atoms with Gasteiger partial charge < -0.3 is 10.2 Å². The number of hydrogen-bond acceptors (Lipinski definition) is 5. The van der Waals surface area contributed by atoms with Gasteiger partial charge in [0.25, 0.3) is 11.8 Å². The fraction of sp³-hybridized carbons (Fsp3) is 0.500. The molecule has 1 aliphatic carbocycles. The van der Waals surface area contributed by atoms with Crippen LogP contribution in [0, 0.1) is 6.92 Å². The zero-order valence-electron chi connectivity index (χ0n) is 14.2. The van der Waals surface area contributed by atoms with Crippen molar-refractivity contribution < 1.29 is 9.59 Å². The summed E-state index contributed by atoms with van der Waals surface area (Å²) < 4.78 is 0. The number of aryl methyl sites for hydroxylation is 3. The molecule has 1 saturated heterocycles. The molecule has 2 aromatic heterocycles. The maximum absolute atomic E-state index is 12.7. The molecule has 2 amide bonds. The Kier molecular flexibility index (Phi) is 4.60. The van der Waals surface area contributed by atoms with Gasteiger partial charge in [0.1, 0.15) is 4.88 Å². The number of hydrogen-bond donors (Lipinski definition) is 1. The molecule has 3 heterocycles. The smallest absolute Gasteiger partial charge is 0.263 e. The van der Waals surface area contributed by atoms with Gasteiger partial charge in [-0.15, -0.1) is 22.7 Å². The summed E-state index contributed by atoms with van der Waals surface area (Å²) >= 11 is 3.04. The molecule has 25 heavy (non-hydrogen) atoms. The largest absolute Gasteiger partial charge is 0.348 e. The Bertz CT molecular complexity index is 782. The van der Waals surface area contributed by atoms with Crippen LogP contribution in [0.1, 0.15) is 54.7 Å². The molecule has 5 nitrogen and oxygen atoms in total. The number of piperidine rings is 1. The van der Waals surface area contributed by atoms with E-state index < -0.39 is 0 Å². The second kappa shape index (κ2) is 6.88. The number of carbonyl (C=O) groups excluding carboxylic acids is 2. The molecule has 0 saturated carbocycles. The van der Waals surface area contributed by atoms with Crippen LogP contribution < -0.4 is 5.32 Å². The van der Waals surface area contributed by atoms with Crippen LogP contribution in [0.5, 0.6) is 0 Å². The Morgan fingerprint density at radius 2 is 2.08 bits per heavy atom. The van der Waals surface area contributed by atoms with E-state index in [-0.39, 0.29) is 17.9 Å². The van der Waals surface area contributed by atoms with Crippen LogP contribution in [0.25, 0.3) is 0 Å². The van der Waals surface area contributed by atoms with Crippen molar-refractivity contribution in [2.75, 3.05) is 13.1 Å². The van der Waals surface area contributed by atoms with E-state index in [2.05, 4.69) is 16.4 Å². The fourth-order valence-corrected chi connectivity index (χ4v) is 5.51. The van der Waals surface area contributed by atoms with Gasteiger partial charge in [0.15, 0.2) is 0 Å². The van der Waals surface area contributed by atoms with Crippen LogP contribution in [0.15, 0.2) is 11.6 Å². The lowest BCUT2D eigenvalue weighted by molar-refractivity contribution is 0.0703.